The van der Waals surface area contributed by atoms with Crippen molar-refractivity contribution < 1.29 is 28.7 Å². The number of nitrogens with zero attached hydrogens (tertiary/aromatic N) is 3. The molecular weight excluding hydrogens is 564 g/mol. The zero-order valence-electron chi connectivity index (χ0n) is 27.8. The first kappa shape index (κ1) is 36.5. The summed E-state index contributed by atoms with van der Waals surface area (Å²) in [5.41, 5.74) is 0.0881. The Balaban J connectivity index is 2.28. The van der Waals surface area contributed by atoms with Gasteiger partial charge in [0.1, 0.15) is 29.8 Å². The van der Waals surface area contributed by atoms with E-state index in [1.165, 1.54) is 9.80 Å². The van der Waals surface area contributed by atoms with Crippen LogP contribution in [0.4, 0.5) is 4.79 Å². The van der Waals surface area contributed by atoms with Gasteiger partial charge in [-0.2, -0.15) is 0 Å². The summed E-state index contributed by atoms with van der Waals surface area (Å²) in [5, 5.41) is 8.41. The summed E-state index contributed by atoms with van der Waals surface area (Å²) in [5.74, 6) is -1.43. The van der Waals surface area contributed by atoms with Gasteiger partial charge < -0.3 is 35.4 Å². The Hall–Kier alpha value is -3.67. The molecule has 0 aromatic heterocycles. The molecule has 12 nitrogen and oxygen atoms in total. The van der Waals surface area contributed by atoms with Gasteiger partial charge in [-0.1, -0.05) is 44.2 Å². The lowest BCUT2D eigenvalue weighted by Gasteiger charge is -2.31. The second-order valence-electron chi connectivity index (χ2n) is 13.3. The number of carbonyl (C=O) groups excluding carboxylic acids is 5. The Bertz CT molecular complexity index is 1130. The largest absolute Gasteiger partial charge is 0.444 e. The average Bonchev–Trinajstić information content (AvgIpc) is 3.40. The van der Waals surface area contributed by atoms with Gasteiger partial charge in [0.15, 0.2) is 0 Å². The molecule has 0 bridgehead atoms. The lowest BCUT2D eigenvalue weighted by molar-refractivity contribution is -0.141. The van der Waals surface area contributed by atoms with Gasteiger partial charge in [0, 0.05) is 33.6 Å². The van der Waals surface area contributed by atoms with Crippen molar-refractivity contribution >= 4 is 29.7 Å². The zero-order chi connectivity index (χ0) is 33.2. The van der Waals surface area contributed by atoms with Crippen LogP contribution in [-0.2, 0) is 30.3 Å². The Morgan fingerprint density at radius 2 is 1.57 bits per heavy atom. The molecule has 1 aromatic rings. The van der Waals surface area contributed by atoms with Crippen molar-refractivity contribution in [3.05, 3.63) is 35.9 Å². The Labute approximate surface area is 262 Å². The molecule has 12 heteroatoms. The molecule has 1 fully saturated rings. The fourth-order valence-corrected chi connectivity index (χ4v) is 5.11. The van der Waals surface area contributed by atoms with E-state index in [0.29, 0.717) is 25.8 Å². The van der Waals surface area contributed by atoms with E-state index in [-0.39, 0.29) is 24.8 Å². The predicted octanol–water partition coefficient (Wildman–Crippen LogP) is 1.78. The van der Waals surface area contributed by atoms with E-state index in [0.717, 1.165) is 5.56 Å². The molecule has 5 amide bonds. The van der Waals surface area contributed by atoms with Crippen molar-refractivity contribution in [2.75, 3.05) is 41.3 Å². The third-order valence-corrected chi connectivity index (χ3v) is 7.05. The number of likely N-dealkylation sites (N-methyl/N-ethyl adjacent to an activating group) is 2. The fraction of sp³-hybridized carbons (Fsp3) is 0.656. The van der Waals surface area contributed by atoms with E-state index in [1.54, 1.807) is 53.9 Å². The predicted molar refractivity (Wildman–Crippen MR) is 169 cm³/mol. The standard InChI is InChI=1S/C32H52N6O6/c1-21(2)18-24(29(41)37(8)9)34-27(39)23(19-22-14-11-10-12-15-22)33-28(40)26-16-13-17-38(26)30(42)25(20-36(6)7)35-31(43)44-32(3,4)5/h10-12,14-15,21,23-26H,13,16-20H2,1-9H3,(H,33,40)(H,34,39)(H,35,43)/t23-,24-,25-,26+/m0/s1. The van der Waals surface area contributed by atoms with Crippen molar-refractivity contribution in [3.63, 3.8) is 0 Å². The number of nitrogens with one attached hydrogen (secondary N) is 3. The summed E-state index contributed by atoms with van der Waals surface area (Å²) >= 11 is 0. The van der Waals surface area contributed by atoms with Crippen LogP contribution in [0.2, 0.25) is 0 Å². The van der Waals surface area contributed by atoms with Crippen molar-refractivity contribution in [1.82, 2.24) is 30.7 Å². The third kappa shape index (κ3) is 11.8. The van der Waals surface area contributed by atoms with Gasteiger partial charge in [-0.05, 0) is 65.6 Å². The van der Waals surface area contributed by atoms with Crippen LogP contribution in [-0.4, -0.2) is 115 Å². The second-order valence-corrected chi connectivity index (χ2v) is 13.3. The minimum absolute atomic E-state index is 0.147. The highest BCUT2D eigenvalue weighted by Crippen LogP contribution is 2.20. The maximum atomic E-state index is 13.7. The summed E-state index contributed by atoms with van der Waals surface area (Å²) in [6, 6.07) is 5.80. The Kier molecular flexibility index (Phi) is 13.6. The lowest BCUT2D eigenvalue weighted by Crippen LogP contribution is -2.59. The van der Waals surface area contributed by atoms with Crippen LogP contribution in [0.5, 0.6) is 0 Å². The minimum atomic E-state index is -0.982. The molecule has 4 atom stereocenters. The normalized spacial score (nSPS) is 17.1. The highest BCUT2D eigenvalue weighted by molar-refractivity contribution is 5.95. The highest BCUT2D eigenvalue weighted by atomic mass is 16.6. The third-order valence-electron chi connectivity index (χ3n) is 7.05. The minimum Gasteiger partial charge on any atom is -0.444 e. The summed E-state index contributed by atoms with van der Waals surface area (Å²) in [4.78, 5) is 71.2. The second kappa shape index (κ2) is 16.4. The van der Waals surface area contributed by atoms with Gasteiger partial charge in [-0.25, -0.2) is 4.79 Å². The number of carbonyl (C=O) groups is 5. The maximum absolute atomic E-state index is 13.7. The van der Waals surface area contributed by atoms with Crippen LogP contribution in [0.25, 0.3) is 0 Å². The Morgan fingerprint density at radius 3 is 2.11 bits per heavy atom. The van der Waals surface area contributed by atoms with Crippen LogP contribution in [0.3, 0.4) is 0 Å². The fourth-order valence-electron chi connectivity index (χ4n) is 5.11. The van der Waals surface area contributed by atoms with Gasteiger partial charge in [0.25, 0.3) is 0 Å². The average molecular weight is 617 g/mol. The molecule has 44 heavy (non-hydrogen) atoms. The number of rotatable bonds is 13. The smallest absolute Gasteiger partial charge is 0.408 e. The number of alkyl carbamates (subject to hydrolysis) is 1. The van der Waals surface area contributed by atoms with E-state index in [2.05, 4.69) is 16.0 Å². The molecule has 0 unspecified atom stereocenters. The van der Waals surface area contributed by atoms with E-state index >= 15 is 0 Å². The van der Waals surface area contributed by atoms with Gasteiger partial charge in [-0.3, -0.25) is 19.2 Å². The van der Waals surface area contributed by atoms with Gasteiger partial charge in [0.2, 0.25) is 23.6 Å². The topological polar surface area (TPSA) is 140 Å². The van der Waals surface area contributed by atoms with Crippen LogP contribution in [0.1, 0.15) is 59.4 Å². The number of ether oxygens (including phenoxy) is 1. The zero-order valence-corrected chi connectivity index (χ0v) is 27.8. The maximum Gasteiger partial charge on any atom is 0.408 e. The molecule has 1 saturated heterocycles. The van der Waals surface area contributed by atoms with Gasteiger partial charge in [0.05, 0.1) is 0 Å². The molecule has 2 rings (SSSR count). The molecular formula is C32H52N6O6. The summed E-state index contributed by atoms with van der Waals surface area (Å²) < 4.78 is 5.37. The first-order chi connectivity index (χ1) is 20.5. The molecule has 246 valence electrons. The van der Waals surface area contributed by atoms with Crippen LogP contribution in [0.15, 0.2) is 30.3 Å². The van der Waals surface area contributed by atoms with E-state index in [1.807, 2.05) is 44.2 Å². The molecule has 1 aliphatic rings. The Morgan fingerprint density at radius 1 is 0.932 bits per heavy atom. The molecule has 1 heterocycles. The van der Waals surface area contributed by atoms with Crippen molar-refractivity contribution in [2.45, 2.75) is 90.1 Å². The molecule has 1 aromatic carbocycles. The number of benzene rings is 1. The quantitative estimate of drug-likeness (QED) is 0.307. The first-order valence-corrected chi connectivity index (χ1v) is 15.3. The van der Waals surface area contributed by atoms with Crippen molar-refractivity contribution in [3.8, 4) is 0 Å². The molecule has 0 radical (unpaired) electrons. The van der Waals surface area contributed by atoms with E-state index < -0.39 is 53.6 Å². The SMILES string of the molecule is CC(C)C[C@H](NC(=O)[C@H](Cc1ccccc1)NC(=O)[C@H]1CCCN1C(=O)[C@H](CN(C)C)NC(=O)OC(C)(C)C)C(=O)N(C)C. The lowest BCUT2D eigenvalue weighted by atomic mass is 10.0. The summed E-state index contributed by atoms with van der Waals surface area (Å²) in [6.45, 7) is 9.69. The first-order valence-electron chi connectivity index (χ1n) is 15.3. The number of likely N-dealkylation sites (tertiary alicyclic amines) is 1. The number of amides is 5. The number of hydrogen-bond acceptors (Lipinski definition) is 7. The van der Waals surface area contributed by atoms with Gasteiger partial charge in [-0.15, -0.1) is 0 Å². The van der Waals surface area contributed by atoms with Crippen LogP contribution >= 0.6 is 0 Å². The molecule has 0 aliphatic carbocycles. The van der Waals surface area contributed by atoms with Gasteiger partial charge >= 0.3 is 6.09 Å². The van der Waals surface area contributed by atoms with Crippen LogP contribution < -0.4 is 16.0 Å². The molecule has 3 N–H and O–H groups in total. The molecule has 0 spiro atoms. The summed E-state index contributed by atoms with van der Waals surface area (Å²) in [7, 11) is 6.84. The van der Waals surface area contributed by atoms with E-state index in [4.69, 9.17) is 4.74 Å². The highest BCUT2D eigenvalue weighted by Gasteiger charge is 2.40. The monoisotopic (exact) mass is 616 g/mol. The van der Waals surface area contributed by atoms with Crippen LogP contribution in [0, 0.1) is 5.92 Å². The molecule has 0 saturated carbocycles. The van der Waals surface area contributed by atoms with E-state index in [9.17, 15) is 24.0 Å². The van der Waals surface area contributed by atoms with Crippen molar-refractivity contribution in [2.24, 2.45) is 5.92 Å². The number of hydrogen-bond donors (Lipinski definition) is 3. The summed E-state index contributed by atoms with van der Waals surface area (Å²) in [6.07, 6.45) is 0.924. The van der Waals surface area contributed by atoms with Crippen molar-refractivity contribution in [1.29, 1.82) is 0 Å². The molecule has 1 aliphatic heterocycles.